The highest BCUT2D eigenvalue weighted by Gasteiger charge is 2.23. The van der Waals surface area contributed by atoms with Gasteiger partial charge >= 0.3 is 0 Å². The average molecular weight is 324 g/mol. The van der Waals surface area contributed by atoms with Crippen LogP contribution in [0.25, 0.3) is 0 Å². The van der Waals surface area contributed by atoms with Crippen molar-refractivity contribution in [3.8, 4) is 0 Å². The second-order valence-corrected chi connectivity index (χ2v) is 7.81. The lowest BCUT2D eigenvalue weighted by Crippen LogP contribution is -2.42. The molecule has 7 nitrogen and oxygen atoms in total. The summed E-state index contributed by atoms with van der Waals surface area (Å²) in [4.78, 5) is 9.61. The van der Waals surface area contributed by atoms with Gasteiger partial charge in [-0.3, -0.25) is 4.79 Å². The highest BCUT2D eigenvalue weighted by molar-refractivity contribution is 7.91. The largest absolute Gasteiger partial charge is 0.368 e. The second kappa shape index (κ2) is 5.46. The molecule has 0 aliphatic heterocycles. The minimum Gasteiger partial charge on any atom is -0.368 e. The Labute approximate surface area is 115 Å². The Morgan fingerprint density at radius 1 is 1.30 bits per heavy atom. The molecule has 1 aromatic carbocycles. The van der Waals surface area contributed by atoms with Crippen LogP contribution in [0.15, 0.2) is 28.0 Å². The molecule has 112 valence electrons. The number of hydrogen-bond acceptors (Lipinski definition) is 5. The van der Waals surface area contributed by atoms with E-state index >= 15 is 0 Å². The van der Waals surface area contributed by atoms with Gasteiger partial charge in [0, 0.05) is 6.26 Å². The number of hydrogen-bond donors (Lipinski definition) is 2. The van der Waals surface area contributed by atoms with Crippen LogP contribution in [-0.4, -0.2) is 35.0 Å². The topological polar surface area (TPSA) is 123 Å². The number of sulfonamides is 1. The van der Waals surface area contributed by atoms with Crippen LogP contribution in [0.5, 0.6) is 0 Å². The minimum atomic E-state index is -4.19. The Kier molecular flexibility index (Phi) is 4.52. The summed E-state index contributed by atoms with van der Waals surface area (Å²) in [5.41, 5.74) is 4.92. The van der Waals surface area contributed by atoms with Crippen molar-refractivity contribution in [2.24, 2.45) is 5.73 Å². The second-order valence-electron chi connectivity index (χ2n) is 4.11. The van der Waals surface area contributed by atoms with Gasteiger partial charge in [-0.2, -0.15) is 4.72 Å². The van der Waals surface area contributed by atoms with E-state index in [9.17, 15) is 26.0 Å². The van der Waals surface area contributed by atoms with Crippen molar-refractivity contribution in [3.05, 3.63) is 24.0 Å². The van der Waals surface area contributed by atoms with Crippen LogP contribution < -0.4 is 10.5 Å². The number of benzene rings is 1. The number of rotatable bonds is 5. The van der Waals surface area contributed by atoms with Crippen LogP contribution in [0.1, 0.15) is 6.92 Å². The predicted octanol–water partition coefficient (Wildman–Crippen LogP) is -0.619. The van der Waals surface area contributed by atoms with E-state index in [4.69, 9.17) is 5.73 Å². The highest BCUT2D eigenvalue weighted by atomic mass is 32.2. The summed E-state index contributed by atoms with van der Waals surface area (Å²) in [5, 5.41) is 0. The van der Waals surface area contributed by atoms with E-state index in [0.717, 1.165) is 18.4 Å². The van der Waals surface area contributed by atoms with Crippen LogP contribution in [0.3, 0.4) is 0 Å². The van der Waals surface area contributed by atoms with Crippen molar-refractivity contribution in [3.63, 3.8) is 0 Å². The maximum absolute atomic E-state index is 13.4. The molecule has 0 fully saturated rings. The zero-order chi connectivity index (χ0) is 15.7. The van der Waals surface area contributed by atoms with Gasteiger partial charge in [0.05, 0.1) is 10.9 Å². The molecule has 3 N–H and O–H groups in total. The molecule has 0 saturated heterocycles. The van der Waals surface area contributed by atoms with Crippen molar-refractivity contribution in [1.29, 1.82) is 0 Å². The zero-order valence-corrected chi connectivity index (χ0v) is 12.3. The molecule has 1 unspecified atom stereocenters. The van der Waals surface area contributed by atoms with Crippen molar-refractivity contribution >= 4 is 25.8 Å². The first kappa shape index (κ1) is 16.5. The van der Waals surface area contributed by atoms with Gasteiger partial charge in [0.25, 0.3) is 0 Å². The Morgan fingerprint density at radius 3 is 2.30 bits per heavy atom. The van der Waals surface area contributed by atoms with E-state index in [2.05, 4.69) is 0 Å². The fourth-order valence-corrected chi connectivity index (χ4v) is 3.37. The Hall–Kier alpha value is -1.52. The van der Waals surface area contributed by atoms with E-state index < -0.39 is 47.4 Å². The fraction of sp³-hybridized carbons (Fsp3) is 0.300. The van der Waals surface area contributed by atoms with Crippen molar-refractivity contribution in [2.75, 3.05) is 6.26 Å². The third-order valence-corrected chi connectivity index (χ3v) is 5.02. The molecule has 0 radical (unpaired) electrons. The molecule has 20 heavy (non-hydrogen) atoms. The van der Waals surface area contributed by atoms with Gasteiger partial charge in [-0.15, -0.1) is 0 Å². The monoisotopic (exact) mass is 324 g/mol. The summed E-state index contributed by atoms with van der Waals surface area (Å²) in [7, 11) is -8.11. The number of sulfone groups is 1. The molecule has 0 bridgehead atoms. The Balaban J connectivity index is 3.31. The summed E-state index contributed by atoms with van der Waals surface area (Å²) < 4.78 is 61.8. The lowest BCUT2D eigenvalue weighted by Gasteiger charge is -2.11. The molecule has 0 saturated carbocycles. The van der Waals surface area contributed by atoms with E-state index in [1.54, 1.807) is 0 Å². The molecule has 0 aliphatic rings. The number of carbonyl (C=O) groups is 1. The van der Waals surface area contributed by atoms with E-state index in [0.29, 0.717) is 6.07 Å². The van der Waals surface area contributed by atoms with Crippen molar-refractivity contribution < 1.29 is 26.0 Å². The minimum absolute atomic E-state index is 0.479. The maximum atomic E-state index is 13.4. The third-order valence-electron chi connectivity index (χ3n) is 2.37. The summed E-state index contributed by atoms with van der Waals surface area (Å²) in [6.07, 6.45) is 0.751. The summed E-state index contributed by atoms with van der Waals surface area (Å²) in [5.74, 6) is -1.96. The molecule has 0 heterocycles. The smallest absolute Gasteiger partial charge is 0.241 e. The third kappa shape index (κ3) is 3.74. The zero-order valence-electron chi connectivity index (χ0n) is 10.6. The number of halogens is 1. The molecule has 1 amide bonds. The fourth-order valence-electron chi connectivity index (χ4n) is 1.29. The molecular formula is C10H13FN2O5S2. The number of amides is 1. The molecule has 1 rings (SSSR count). The van der Waals surface area contributed by atoms with Gasteiger partial charge in [0.15, 0.2) is 9.84 Å². The maximum Gasteiger partial charge on any atom is 0.241 e. The normalized spacial score (nSPS) is 13.9. The first-order chi connectivity index (χ1) is 8.95. The lowest BCUT2D eigenvalue weighted by molar-refractivity contribution is -0.119. The van der Waals surface area contributed by atoms with Gasteiger partial charge in [-0.25, -0.2) is 21.2 Å². The predicted molar refractivity (Wildman–Crippen MR) is 68.5 cm³/mol. The summed E-state index contributed by atoms with van der Waals surface area (Å²) in [6, 6.07) is 1.10. The van der Waals surface area contributed by atoms with Gasteiger partial charge in [-0.05, 0) is 25.1 Å². The average Bonchev–Trinajstić information content (AvgIpc) is 2.26. The van der Waals surface area contributed by atoms with E-state index in [1.807, 2.05) is 4.72 Å². The summed E-state index contributed by atoms with van der Waals surface area (Å²) in [6.45, 7) is 1.22. The van der Waals surface area contributed by atoms with Crippen LogP contribution in [0.4, 0.5) is 4.39 Å². The van der Waals surface area contributed by atoms with Gasteiger partial charge in [0.1, 0.15) is 10.7 Å². The molecule has 0 aliphatic carbocycles. The Morgan fingerprint density at radius 2 is 1.85 bits per heavy atom. The molecule has 1 atom stereocenters. The molecule has 1 aromatic rings. The molecular weight excluding hydrogens is 311 g/mol. The van der Waals surface area contributed by atoms with E-state index in [-0.39, 0.29) is 0 Å². The van der Waals surface area contributed by atoms with Crippen LogP contribution >= 0.6 is 0 Å². The first-order valence-corrected chi connectivity index (χ1v) is 8.64. The lowest BCUT2D eigenvalue weighted by atomic mass is 10.3. The van der Waals surface area contributed by atoms with Crippen LogP contribution in [0, 0.1) is 5.82 Å². The standard InChI is InChI=1S/C10H13FN2O5S2/c1-6(10(12)14)13-20(17,18)7-3-4-8(11)9(5-7)19(2,15)16/h3-6,13H,1-2H3,(H2,12,14). The van der Waals surface area contributed by atoms with Crippen LogP contribution in [-0.2, 0) is 24.7 Å². The number of carbonyl (C=O) groups excluding carboxylic acids is 1. The van der Waals surface area contributed by atoms with Gasteiger partial charge in [0.2, 0.25) is 15.9 Å². The highest BCUT2D eigenvalue weighted by Crippen LogP contribution is 2.19. The first-order valence-electron chi connectivity index (χ1n) is 5.26. The number of nitrogens with two attached hydrogens (primary N) is 1. The van der Waals surface area contributed by atoms with Crippen molar-refractivity contribution in [1.82, 2.24) is 4.72 Å². The number of nitrogens with one attached hydrogen (secondary N) is 1. The molecule has 0 aromatic heterocycles. The Bertz CT molecular complexity index is 743. The van der Waals surface area contributed by atoms with Gasteiger partial charge in [-0.1, -0.05) is 0 Å². The quantitative estimate of drug-likeness (QED) is 0.747. The number of primary amides is 1. The van der Waals surface area contributed by atoms with Crippen LogP contribution in [0.2, 0.25) is 0 Å². The van der Waals surface area contributed by atoms with Crippen molar-refractivity contribution in [2.45, 2.75) is 22.8 Å². The molecule has 0 spiro atoms. The molecule has 10 heteroatoms. The SMILES string of the molecule is CC(NS(=O)(=O)c1ccc(F)c(S(C)(=O)=O)c1)C(N)=O. The van der Waals surface area contributed by atoms with Gasteiger partial charge < -0.3 is 5.73 Å². The summed E-state index contributed by atoms with van der Waals surface area (Å²) >= 11 is 0. The van der Waals surface area contributed by atoms with E-state index in [1.165, 1.54) is 6.92 Å².